The van der Waals surface area contributed by atoms with Crippen molar-refractivity contribution in [3.05, 3.63) is 0 Å². The molecule has 1 saturated heterocycles. The Labute approximate surface area is 122 Å². The van der Waals surface area contributed by atoms with Gasteiger partial charge in [0.15, 0.2) is 0 Å². The predicted molar refractivity (Wildman–Crippen MR) is 78.2 cm³/mol. The van der Waals surface area contributed by atoms with E-state index in [4.69, 9.17) is 0 Å². The lowest BCUT2D eigenvalue weighted by Crippen LogP contribution is -2.52. The number of carbonyl (C=O) groups excluding carboxylic acids is 2. The molecule has 3 heteroatoms. The van der Waals surface area contributed by atoms with Crippen LogP contribution in [0.2, 0.25) is 0 Å². The van der Waals surface area contributed by atoms with E-state index in [0.29, 0.717) is 18.2 Å². The van der Waals surface area contributed by atoms with Gasteiger partial charge in [0.25, 0.3) is 0 Å². The highest BCUT2D eigenvalue weighted by atomic mass is 16.2. The van der Waals surface area contributed by atoms with E-state index < -0.39 is 5.41 Å². The van der Waals surface area contributed by atoms with Crippen LogP contribution in [0.15, 0.2) is 0 Å². The molecular formula is C17H27NO2. The lowest BCUT2D eigenvalue weighted by Gasteiger charge is -2.44. The standard InChI is InChI=1S/C17H27NO2/c1-12-7-5-6-10-18(12)14(20)17-9-8-16(4,13(19)11-17)15(17,2)3/h12H,5-11H2,1-4H3/t12-,16+,17-/m1/s1. The van der Waals surface area contributed by atoms with Gasteiger partial charge in [-0.2, -0.15) is 0 Å². The normalized spacial score (nSPS) is 43.1. The Morgan fingerprint density at radius 3 is 2.40 bits per heavy atom. The first-order chi connectivity index (χ1) is 9.26. The summed E-state index contributed by atoms with van der Waals surface area (Å²) in [6, 6.07) is 0.337. The van der Waals surface area contributed by atoms with Crippen LogP contribution < -0.4 is 0 Å². The predicted octanol–water partition coefficient (Wildman–Crippen LogP) is 3.17. The van der Waals surface area contributed by atoms with E-state index in [1.807, 2.05) is 0 Å². The molecule has 0 aromatic carbocycles. The molecule has 3 aliphatic rings. The summed E-state index contributed by atoms with van der Waals surface area (Å²) >= 11 is 0. The van der Waals surface area contributed by atoms with Gasteiger partial charge in [-0.3, -0.25) is 9.59 Å². The Hall–Kier alpha value is -0.860. The molecule has 3 atom stereocenters. The van der Waals surface area contributed by atoms with Crippen molar-refractivity contribution in [3.8, 4) is 0 Å². The Balaban J connectivity index is 1.97. The molecule has 3 fully saturated rings. The average Bonchev–Trinajstić information content (AvgIpc) is 2.69. The summed E-state index contributed by atoms with van der Waals surface area (Å²) in [4.78, 5) is 27.8. The van der Waals surface area contributed by atoms with E-state index in [1.165, 1.54) is 6.42 Å². The van der Waals surface area contributed by atoms with Crippen LogP contribution >= 0.6 is 0 Å². The number of likely N-dealkylation sites (tertiary alicyclic amines) is 1. The number of hydrogen-bond acceptors (Lipinski definition) is 2. The van der Waals surface area contributed by atoms with Gasteiger partial charge in [0.1, 0.15) is 5.78 Å². The second kappa shape index (κ2) is 4.08. The van der Waals surface area contributed by atoms with Gasteiger partial charge < -0.3 is 4.90 Å². The Bertz CT molecular complexity index is 470. The van der Waals surface area contributed by atoms with E-state index in [2.05, 4.69) is 32.6 Å². The smallest absolute Gasteiger partial charge is 0.230 e. The zero-order chi connectivity index (χ0) is 14.8. The summed E-state index contributed by atoms with van der Waals surface area (Å²) in [6.07, 6.45) is 5.68. The molecule has 0 N–H and O–H groups in total. The van der Waals surface area contributed by atoms with Gasteiger partial charge in [-0.15, -0.1) is 0 Å². The summed E-state index contributed by atoms with van der Waals surface area (Å²) in [5.74, 6) is 0.580. The van der Waals surface area contributed by atoms with Crippen molar-refractivity contribution in [3.63, 3.8) is 0 Å². The third kappa shape index (κ3) is 1.42. The fourth-order valence-electron chi connectivity index (χ4n) is 5.01. The zero-order valence-electron chi connectivity index (χ0n) is 13.3. The zero-order valence-corrected chi connectivity index (χ0v) is 13.3. The van der Waals surface area contributed by atoms with Crippen molar-refractivity contribution in [2.75, 3.05) is 6.54 Å². The molecule has 20 heavy (non-hydrogen) atoms. The molecule has 0 unspecified atom stereocenters. The Morgan fingerprint density at radius 2 is 1.90 bits per heavy atom. The van der Waals surface area contributed by atoms with E-state index in [0.717, 1.165) is 32.2 Å². The summed E-state index contributed by atoms with van der Waals surface area (Å²) in [7, 11) is 0. The molecule has 1 heterocycles. The molecule has 0 aromatic rings. The van der Waals surface area contributed by atoms with Crippen molar-refractivity contribution in [2.45, 2.75) is 72.3 Å². The topological polar surface area (TPSA) is 37.4 Å². The van der Waals surface area contributed by atoms with Gasteiger partial charge in [0, 0.05) is 24.4 Å². The maximum absolute atomic E-state index is 13.3. The quantitative estimate of drug-likeness (QED) is 0.738. The molecule has 2 saturated carbocycles. The minimum absolute atomic E-state index is 0.203. The number of piperidine rings is 1. The van der Waals surface area contributed by atoms with Gasteiger partial charge in [-0.05, 0) is 44.4 Å². The van der Waals surface area contributed by atoms with Crippen LogP contribution in [0.5, 0.6) is 0 Å². The number of hydrogen-bond donors (Lipinski definition) is 0. The molecular weight excluding hydrogens is 250 g/mol. The summed E-state index contributed by atoms with van der Waals surface area (Å²) in [5.41, 5.74) is -0.919. The third-order valence-electron chi connectivity index (χ3n) is 7.18. The van der Waals surface area contributed by atoms with Gasteiger partial charge in [0.2, 0.25) is 5.91 Å². The number of nitrogens with zero attached hydrogens (tertiary/aromatic N) is 1. The van der Waals surface area contributed by atoms with Crippen LogP contribution in [-0.4, -0.2) is 29.2 Å². The molecule has 0 spiro atoms. The first-order valence-electron chi connectivity index (χ1n) is 8.11. The Morgan fingerprint density at radius 1 is 1.20 bits per heavy atom. The fraction of sp³-hybridized carbons (Fsp3) is 0.882. The van der Waals surface area contributed by atoms with Gasteiger partial charge >= 0.3 is 0 Å². The van der Waals surface area contributed by atoms with Crippen molar-refractivity contribution in [2.24, 2.45) is 16.2 Å². The molecule has 0 radical (unpaired) electrons. The van der Waals surface area contributed by atoms with Crippen LogP contribution in [0.1, 0.15) is 66.2 Å². The van der Waals surface area contributed by atoms with Crippen LogP contribution in [0, 0.1) is 16.2 Å². The fourth-order valence-corrected chi connectivity index (χ4v) is 5.01. The SMILES string of the molecule is C[C@@H]1CCCCN1C(=O)[C@@]12CC[C@@](C)(C(=O)C1)C2(C)C. The highest BCUT2D eigenvalue weighted by Gasteiger charge is 2.73. The van der Waals surface area contributed by atoms with Crippen molar-refractivity contribution < 1.29 is 9.59 Å². The van der Waals surface area contributed by atoms with Gasteiger partial charge in [-0.1, -0.05) is 20.8 Å². The molecule has 1 amide bonds. The van der Waals surface area contributed by atoms with Gasteiger partial charge in [-0.25, -0.2) is 0 Å². The molecule has 1 aliphatic heterocycles. The van der Waals surface area contributed by atoms with E-state index in [1.54, 1.807) is 0 Å². The van der Waals surface area contributed by atoms with Crippen LogP contribution in [0.4, 0.5) is 0 Å². The van der Waals surface area contributed by atoms with E-state index in [-0.39, 0.29) is 16.7 Å². The highest BCUT2D eigenvalue weighted by molar-refractivity contribution is 5.99. The highest BCUT2D eigenvalue weighted by Crippen LogP contribution is 2.71. The van der Waals surface area contributed by atoms with E-state index >= 15 is 0 Å². The molecule has 0 aromatic heterocycles. The summed E-state index contributed by atoms with van der Waals surface area (Å²) in [6.45, 7) is 9.42. The number of carbonyl (C=O) groups is 2. The number of rotatable bonds is 1. The van der Waals surface area contributed by atoms with Crippen LogP contribution in [0.25, 0.3) is 0 Å². The van der Waals surface area contributed by atoms with Crippen molar-refractivity contribution in [1.29, 1.82) is 0 Å². The second-order valence-electron chi connectivity index (χ2n) is 7.98. The van der Waals surface area contributed by atoms with Crippen LogP contribution in [0.3, 0.4) is 0 Å². The monoisotopic (exact) mass is 277 g/mol. The minimum atomic E-state index is -0.426. The number of ketones is 1. The molecule has 3 nitrogen and oxygen atoms in total. The minimum Gasteiger partial charge on any atom is -0.339 e. The largest absolute Gasteiger partial charge is 0.339 e. The average molecular weight is 277 g/mol. The first kappa shape index (κ1) is 14.1. The maximum Gasteiger partial charge on any atom is 0.230 e. The third-order valence-corrected chi connectivity index (χ3v) is 7.18. The van der Waals surface area contributed by atoms with Crippen molar-refractivity contribution in [1.82, 2.24) is 4.90 Å². The molecule has 112 valence electrons. The van der Waals surface area contributed by atoms with Crippen LogP contribution in [-0.2, 0) is 9.59 Å². The number of amides is 1. The lowest BCUT2D eigenvalue weighted by molar-refractivity contribution is -0.151. The maximum atomic E-state index is 13.3. The molecule has 2 aliphatic carbocycles. The van der Waals surface area contributed by atoms with Crippen molar-refractivity contribution >= 4 is 11.7 Å². The first-order valence-corrected chi connectivity index (χ1v) is 8.11. The summed E-state index contributed by atoms with van der Waals surface area (Å²) in [5, 5.41) is 0. The number of fused-ring (bicyclic) bond motifs is 2. The molecule has 3 rings (SSSR count). The summed E-state index contributed by atoms with van der Waals surface area (Å²) < 4.78 is 0. The van der Waals surface area contributed by atoms with Gasteiger partial charge in [0.05, 0.1) is 5.41 Å². The second-order valence-corrected chi connectivity index (χ2v) is 7.98. The Kier molecular flexibility index (Phi) is 2.88. The lowest BCUT2D eigenvalue weighted by atomic mass is 9.64. The molecule has 2 bridgehead atoms. The number of Topliss-reactive ketones (excluding diaryl/α,β-unsaturated/α-hetero) is 1. The van der Waals surface area contributed by atoms with E-state index in [9.17, 15) is 9.59 Å².